The molecule has 3 aromatic rings. The maximum Gasteiger partial charge on any atom is 0.237 e. The van der Waals surface area contributed by atoms with E-state index < -0.39 is 0 Å². The number of aryl methyl sites for hydroxylation is 3. The molecule has 3 heterocycles. The van der Waals surface area contributed by atoms with Gasteiger partial charge in [0.1, 0.15) is 15.7 Å². The van der Waals surface area contributed by atoms with Gasteiger partial charge < -0.3 is 4.90 Å². The Morgan fingerprint density at radius 3 is 2.96 bits per heavy atom. The van der Waals surface area contributed by atoms with E-state index in [1.165, 1.54) is 34.2 Å². The number of para-hydroxylation sites is 1. The summed E-state index contributed by atoms with van der Waals surface area (Å²) in [5.41, 5.74) is 3.77. The van der Waals surface area contributed by atoms with E-state index in [-0.39, 0.29) is 5.91 Å². The normalized spacial score (nSPS) is 15.8. The number of rotatable bonds is 3. The zero-order chi connectivity index (χ0) is 18.4. The smallest absolute Gasteiger partial charge is 0.237 e. The van der Waals surface area contributed by atoms with Crippen LogP contribution < -0.4 is 4.90 Å². The number of hydrogen-bond donors (Lipinski definition) is 0. The van der Waals surface area contributed by atoms with Gasteiger partial charge in [0.25, 0.3) is 0 Å². The lowest BCUT2D eigenvalue weighted by Gasteiger charge is -2.17. The van der Waals surface area contributed by atoms with Crippen molar-refractivity contribution in [3.8, 4) is 0 Å². The number of fused-ring (bicyclic) bond motifs is 4. The summed E-state index contributed by atoms with van der Waals surface area (Å²) >= 11 is 3.39. The average molecular weight is 396 g/mol. The summed E-state index contributed by atoms with van der Waals surface area (Å²) in [6.45, 7) is 2.73. The monoisotopic (exact) mass is 395 g/mol. The summed E-state index contributed by atoms with van der Waals surface area (Å²) in [4.78, 5) is 26.8. The van der Waals surface area contributed by atoms with Crippen LogP contribution in [0, 0.1) is 6.92 Å². The van der Waals surface area contributed by atoms with Gasteiger partial charge in [0.15, 0.2) is 0 Å². The number of benzene rings is 1. The van der Waals surface area contributed by atoms with Gasteiger partial charge in [-0.3, -0.25) is 4.79 Å². The number of thioether (sulfide) groups is 1. The van der Waals surface area contributed by atoms with Crippen LogP contribution in [0.1, 0.15) is 34.7 Å². The molecular weight excluding hydrogens is 374 g/mol. The van der Waals surface area contributed by atoms with Gasteiger partial charge in [-0.05, 0) is 56.2 Å². The maximum absolute atomic E-state index is 12.9. The standard InChI is InChI=1S/C21H21N3OS2/c1-13-22-20(19-15-7-3-5-9-17(15)27-21(19)23-13)26-12-18(25)24-11-10-14-6-2-4-8-16(14)24/h2,4,6,8H,3,5,7,9-12H2,1H3. The summed E-state index contributed by atoms with van der Waals surface area (Å²) in [5.74, 6) is 1.38. The molecule has 27 heavy (non-hydrogen) atoms. The number of thiophene rings is 1. The highest BCUT2D eigenvalue weighted by atomic mass is 32.2. The Bertz CT molecular complexity index is 1040. The highest BCUT2D eigenvalue weighted by molar-refractivity contribution is 8.00. The molecule has 4 nitrogen and oxygen atoms in total. The van der Waals surface area contributed by atoms with E-state index in [0.29, 0.717) is 5.75 Å². The van der Waals surface area contributed by atoms with Gasteiger partial charge in [0.05, 0.1) is 5.75 Å². The minimum absolute atomic E-state index is 0.165. The largest absolute Gasteiger partial charge is 0.311 e. The SMILES string of the molecule is Cc1nc(SCC(=O)N2CCc3ccccc32)c2c3c(sc2n1)CCCC3. The van der Waals surface area contributed by atoms with Gasteiger partial charge in [0, 0.05) is 22.5 Å². The molecule has 1 aromatic carbocycles. The second kappa shape index (κ2) is 6.91. The van der Waals surface area contributed by atoms with Crippen molar-refractivity contribution in [2.75, 3.05) is 17.2 Å². The fourth-order valence-electron chi connectivity index (χ4n) is 4.14. The molecule has 1 amide bonds. The lowest BCUT2D eigenvalue weighted by atomic mass is 9.97. The van der Waals surface area contributed by atoms with Gasteiger partial charge in [-0.15, -0.1) is 11.3 Å². The third-order valence-corrected chi connectivity index (χ3v) is 7.56. The molecule has 138 valence electrons. The Morgan fingerprint density at radius 1 is 1.19 bits per heavy atom. The molecular formula is C21H21N3OS2. The highest BCUT2D eigenvalue weighted by Gasteiger charge is 2.25. The molecule has 0 saturated heterocycles. The van der Waals surface area contributed by atoms with Gasteiger partial charge in [-0.25, -0.2) is 9.97 Å². The van der Waals surface area contributed by atoms with Crippen molar-refractivity contribution in [2.45, 2.75) is 44.1 Å². The lowest BCUT2D eigenvalue weighted by Crippen LogP contribution is -2.30. The summed E-state index contributed by atoms with van der Waals surface area (Å²) in [6, 6.07) is 8.21. The second-order valence-electron chi connectivity index (χ2n) is 7.18. The van der Waals surface area contributed by atoms with Crippen LogP contribution in [0.5, 0.6) is 0 Å². The molecule has 0 bridgehead atoms. The predicted octanol–water partition coefficient (Wildman–Crippen LogP) is 4.56. The number of carbonyl (C=O) groups excluding carboxylic acids is 1. The van der Waals surface area contributed by atoms with E-state index in [0.717, 1.165) is 47.2 Å². The van der Waals surface area contributed by atoms with E-state index in [4.69, 9.17) is 4.98 Å². The minimum Gasteiger partial charge on any atom is -0.311 e. The Morgan fingerprint density at radius 2 is 2.04 bits per heavy atom. The summed E-state index contributed by atoms with van der Waals surface area (Å²) in [7, 11) is 0. The molecule has 0 saturated carbocycles. The number of anilines is 1. The summed E-state index contributed by atoms with van der Waals surface area (Å²) < 4.78 is 0. The molecule has 6 heteroatoms. The van der Waals surface area contributed by atoms with E-state index >= 15 is 0 Å². The first kappa shape index (κ1) is 17.2. The Balaban J connectivity index is 1.42. The van der Waals surface area contributed by atoms with Crippen molar-refractivity contribution in [3.63, 3.8) is 0 Å². The van der Waals surface area contributed by atoms with Crippen LogP contribution in [-0.4, -0.2) is 28.2 Å². The first-order valence-corrected chi connectivity index (χ1v) is 11.3. The van der Waals surface area contributed by atoms with E-state index in [1.807, 2.05) is 41.4 Å². The second-order valence-corrected chi connectivity index (χ2v) is 9.23. The Kier molecular flexibility index (Phi) is 4.40. The molecule has 1 aliphatic heterocycles. The molecule has 0 fully saturated rings. The number of hydrogen-bond acceptors (Lipinski definition) is 5. The Labute approximate surface area is 167 Å². The molecule has 5 rings (SSSR count). The fourth-order valence-corrected chi connectivity index (χ4v) is 6.48. The Hall–Kier alpha value is -1.92. The van der Waals surface area contributed by atoms with E-state index in [1.54, 1.807) is 11.8 Å². The van der Waals surface area contributed by atoms with Crippen LogP contribution in [0.25, 0.3) is 10.2 Å². The van der Waals surface area contributed by atoms with Crippen molar-refractivity contribution in [3.05, 3.63) is 46.1 Å². The lowest BCUT2D eigenvalue weighted by molar-refractivity contribution is -0.116. The zero-order valence-electron chi connectivity index (χ0n) is 15.3. The van der Waals surface area contributed by atoms with Crippen LogP contribution >= 0.6 is 23.1 Å². The molecule has 2 aliphatic rings. The molecule has 0 N–H and O–H groups in total. The molecule has 0 radical (unpaired) electrons. The third kappa shape index (κ3) is 3.05. The van der Waals surface area contributed by atoms with E-state index in [9.17, 15) is 4.79 Å². The van der Waals surface area contributed by atoms with Crippen LogP contribution in [0.15, 0.2) is 29.3 Å². The van der Waals surface area contributed by atoms with Gasteiger partial charge in [0.2, 0.25) is 5.91 Å². The topological polar surface area (TPSA) is 46.1 Å². The zero-order valence-corrected chi connectivity index (χ0v) is 17.0. The molecule has 0 unspecified atom stereocenters. The van der Waals surface area contributed by atoms with Crippen molar-refractivity contribution in [2.24, 2.45) is 0 Å². The number of carbonyl (C=O) groups is 1. The predicted molar refractivity (Wildman–Crippen MR) is 112 cm³/mol. The summed E-state index contributed by atoms with van der Waals surface area (Å²) in [5, 5.41) is 2.19. The highest BCUT2D eigenvalue weighted by Crippen LogP contribution is 2.40. The fraction of sp³-hybridized carbons (Fsp3) is 0.381. The molecule has 1 aliphatic carbocycles. The van der Waals surface area contributed by atoms with Crippen LogP contribution in [0.3, 0.4) is 0 Å². The van der Waals surface area contributed by atoms with Crippen LogP contribution in [0.2, 0.25) is 0 Å². The van der Waals surface area contributed by atoms with Gasteiger partial charge >= 0.3 is 0 Å². The number of aromatic nitrogens is 2. The summed E-state index contributed by atoms with van der Waals surface area (Å²) in [6.07, 6.45) is 5.72. The molecule has 2 aromatic heterocycles. The van der Waals surface area contributed by atoms with Crippen molar-refractivity contribution >= 4 is 44.9 Å². The number of nitrogens with zero attached hydrogens (tertiary/aromatic N) is 3. The first-order valence-electron chi connectivity index (χ1n) is 9.50. The van der Waals surface area contributed by atoms with Crippen LogP contribution in [0.4, 0.5) is 5.69 Å². The quantitative estimate of drug-likeness (QED) is 0.482. The molecule has 0 atom stereocenters. The van der Waals surface area contributed by atoms with Crippen molar-refractivity contribution in [1.82, 2.24) is 9.97 Å². The average Bonchev–Trinajstić information content (AvgIpc) is 3.27. The first-order chi connectivity index (χ1) is 13.2. The van der Waals surface area contributed by atoms with Gasteiger partial charge in [-0.1, -0.05) is 30.0 Å². The van der Waals surface area contributed by atoms with Gasteiger partial charge in [-0.2, -0.15) is 0 Å². The van der Waals surface area contributed by atoms with Crippen molar-refractivity contribution in [1.29, 1.82) is 0 Å². The third-order valence-electron chi connectivity index (χ3n) is 5.41. The van der Waals surface area contributed by atoms with E-state index in [2.05, 4.69) is 11.1 Å². The maximum atomic E-state index is 12.9. The van der Waals surface area contributed by atoms with Crippen LogP contribution in [-0.2, 0) is 24.1 Å². The molecule has 0 spiro atoms. The number of amides is 1. The minimum atomic E-state index is 0.165. The van der Waals surface area contributed by atoms with Crippen molar-refractivity contribution < 1.29 is 4.79 Å².